The number of hydrogen-bond acceptors (Lipinski definition) is 7. The lowest BCUT2D eigenvalue weighted by atomic mass is 10.1. The molecular weight excluding hydrogens is 366 g/mol. The molecule has 152 valence electrons. The fourth-order valence-electron chi connectivity index (χ4n) is 4.36. The number of carboxylic acid groups (broad SMARTS) is 1. The lowest BCUT2D eigenvalue weighted by Gasteiger charge is -2.43. The number of quaternary nitrogens is 1. The summed E-state index contributed by atoms with van der Waals surface area (Å²) in [7, 11) is 1.57. The van der Waals surface area contributed by atoms with E-state index in [-0.39, 0.29) is 19.1 Å². The number of anilines is 1. The lowest BCUT2D eigenvalue weighted by molar-refractivity contribution is -1.06. The predicted octanol–water partition coefficient (Wildman–Crippen LogP) is -0.201. The number of rotatable bonds is 3. The molecule has 3 aliphatic rings. The molecule has 0 radical (unpaired) electrons. The molecule has 3 aliphatic heterocycles. The van der Waals surface area contributed by atoms with Crippen molar-refractivity contribution in [1.82, 2.24) is 15.1 Å². The van der Waals surface area contributed by atoms with Crippen LogP contribution in [0.4, 0.5) is 10.5 Å². The van der Waals surface area contributed by atoms with Gasteiger partial charge in [0.05, 0.1) is 20.3 Å². The molecule has 3 atom stereocenters. The topological polar surface area (TPSA) is 106 Å². The average molecular weight is 392 g/mol. The molecule has 1 aromatic rings. The van der Waals surface area contributed by atoms with E-state index in [0.29, 0.717) is 24.7 Å². The van der Waals surface area contributed by atoms with Gasteiger partial charge in [0.1, 0.15) is 12.3 Å². The van der Waals surface area contributed by atoms with E-state index in [1.165, 1.54) is 0 Å². The zero-order valence-electron chi connectivity index (χ0n) is 15.8. The summed E-state index contributed by atoms with van der Waals surface area (Å²) in [6.45, 7) is 3.52. The van der Waals surface area contributed by atoms with E-state index >= 15 is 0 Å². The number of carbonyl (C=O) groups is 2. The van der Waals surface area contributed by atoms with Gasteiger partial charge in [-0.3, -0.25) is 9.69 Å². The first-order chi connectivity index (χ1) is 13.4. The second kappa shape index (κ2) is 7.30. The Morgan fingerprint density at radius 2 is 2.00 bits per heavy atom. The zero-order valence-corrected chi connectivity index (χ0v) is 15.8. The maximum absolute atomic E-state index is 13.4. The number of nitrogens with zero attached hydrogens (tertiary/aromatic N) is 4. The summed E-state index contributed by atoms with van der Waals surface area (Å²) in [6.07, 6.45) is -2.59. The van der Waals surface area contributed by atoms with Gasteiger partial charge in [-0.1, -0.05) is 4.65 Å². The van der Waals surface area contributed by atoms with Gasteiger partial charge >= 0.3 is 12.0 Å². The summed E-state index contributed by atoms with van der Waals surface area (Å²) in [5, 5.41) is 23.9. The van der Waals surface area contributed by atoms with Crippen molar-refractivity contribution < 1.29 is 29.3 Å². The van der Waals surface area contributed by atoms with Gasteiger partial charge in [-0.2, -0.15) is 4.79 Å². The minimum absolute atomic E-state index is 0.0861. The van der Waals surface area contributed by atoms with Crippen LogP contribution in [0.3, 0.4) is 0 Å². The number of hydrogen-bond donors (Lipinski definition) is 3. The Balaban J connectivity index is 1.63. The third-order valence-electron chi connectivity index (χ3n) is 5.90. The zero-order chi connectivity index (χ0) is 19.9. The van der Waals surface area contributed by atoms with E-state index in [2.05, 4.69) is 10.2 Å². The maximum Gasteiger partial charge on any atom is 0.548 e. The molecule has 0 aromatic heterocycles. The van der Waals surface area contributed by atoms with Crippen molar-refractivity contribution in [1.29, 1.82) is 0 Å². The molecule has 10 nitrogen and oxygen atoms in total. The van der Waals surface area contributed by atoms with Crippen molar-refractivity contribution in [3.05, 3.63) is 24.3 Å². The molecule has 0 saturated carbocycles. The van der Waals surface area contributed by atoms with Gasteiger partial charge in [0.25, 0.3) is 6.17 Å². The van der Waals surface area contributed by atoms with Crippen LogP contribution in [0.25, 0.3) is 0 Å². The van der Waals surface area contributed by atoms with Crippen LogP contribution >= 0.6 is 0 Å². The van der Waals surface area contributed by atoms with Gasteiger partial charge < -0.3 is 20.1 Å². The average Bonchev–Trinajstić information content (AvgIpc) is 3.11. The van der Waals surface area contributed by atoms with Crippen LogP contribution in [0, 0.1) is 0 Å². The van der Waals surface area contributed by atoms with Gasteiger partial charge in [-0.05, 0) is 24.3 Å². The highest BCUT2D eigenvalue weighted by Gasteiger charge is 2.59. The third kappa shape index (κ3) is 3.12. The van der Waals surface area contributed by atoms with Crippen LogP contribution in [-0.2, 0) is 4.79 Å². The van der Waals surface area contributed by atoms with Crippen LogP contribution in [0.5, 0.6) is 5.75 Å². The third-order valence-corrected chi connectivity index (χ3v) is 5.90. The molecule has 2 amide bonds. The first kappa shape index (κ1) is 19.1. The van der Waals surface area contributed by atoms with Crippen molar-refractivity contribution in [2.75, 3.05) is 57.9 Å². The number of hydroxylamine groups is 3. The minimum Gasteiger partial charge on any atom is -0.497 e. The molecule has 28 heavy (non-hydrogen) atoms. The highest BCUT2D eigenvalue weighted by molar-refractivity contribution is 5.97. The largest absolute Gasteiger partial charge is 0.548 e. The van der Waals surface area contributed by atoms with Crippen LogP contribution in [0.2, 0.25) is 0 Å². The Bertz CT molecular complexity index is 745. The monoisotopic (exact) mass is 392 g/mol. The molecule has 4 rings (SSSR count). The first-order valence-corrected chi connectivity index (χ1v) is 9.42. The van der Waals surface area contributed by atoms with Gasteiger partial charge in [-0.15, -0.1) is 0 Å². The molecular formula is C18H26N5O5+. The lowest BCUT2D eigenvalue weighted by Crippen LogP contribution is -2.73. The second-order valence-corrected chi connectivity index (χ2v) is 7.48. The Morgan fingerprint density at radius 3 is 2.64 bits per heavy atom. The second-order valence-electron chi connectivity index (χ2n) is 7.48. The Morgan fingerprint density at radius 1 is 1.25 bits per heavy atom. The Kier molecular flexibility index (Phi) is 4.98. The predicted molar refractivity (Wildman–Crippen MR) is 99.0 cm³/mol. The number of fused-ring (bicyclic) bond motifs is 1. The van der Waals surface area contributed by atoms with Crippen LogP contribution < -0.4 is 15.0 Å². The van der Waals surface area contributed by atoms with Crippen molar-refractivity contribution >= 4 is 17.7 Å². The van der Waals surface area contributed by atoms with E-state index < -0.39 is 22.8 Å². The molecule has 1 aromatic carbocycles. The van der Waals surface area contributed by atoms with Gasteiger partial charge in [0.15, 0.2) is 0 Å². The summed E-state index contributed by atoms with van der Waals surface area (Å²) in [6, 6.07) is 7.25. The van der Waals surface area contributed by atoms with Gasteiger partial charge in [0.2, 0.25) is 0 Å². The summed E-state index contributed by atoms with van der Waals surface area (Å²) in [4.78, 5) is 30.9. The molecule has 0 spiro atoms. The summed E-state index contributed by atoms with van der Waals surface area (Å²) in [5.74, 6) is 0.264. The summed E-state index contributed by atoms with van der Waals surface area (Å²) >= 11 is 0. The Labute approximate surface area is 163 Å². The van der Waals surface area contributed by atoms with Crippen LogP contribution in [0.1, 0.15) is 0 Å². The van der Waals surface area contributed by atoms with E-state index in [4.69, 9.17) is 4.74 Å². The van der Waals surface area contributed by atoms with E-state index in [1.807, 2.05) is 0 Å². The highest BCUT2D eigenvalue weighted by atomic mass is 16.6. The smallest absolute Gasteiger partial charge is 0.497 e. The van der Waals surface area contributed by atoms with Gasteiger partial charge in [0, 0.05) is 37.9 Å². The quantitative estimate of drug-likeness (QED) is 0.480. The number of methoxy groups -OCH3 is 1. The number of nitrogens with one attached hydrogen (secondary N) is 1. The minimum atomic E-state index is -1.41. The molecule has 3 N–H and O–H groups in total. The molecule has 10 heteroatoms. The van der Waals surface area contributed by atoms with Crippen LogP contribution in [0.15, 0.2) is 24.3 Å². The van der Waals surface area contributed by atoms with Crippen molar-refractivity contribution in [3.8, 4) is 5.75 Å². The first-order valence-electron chi connectivity index (χ1n) is 9.42. The number of carbonyl (C=O) groups excluding carboxylic acids is 1. The number of ether oxygens (including phenoxy) is 1. The number of piperazine rings is 2. The molecule has 3 heterocycles. The molecule has 0 bridgehead atoms. The maximum atomic E-state index is 13.4. The van der Waals surface area contributed by atoms with Gasteiger partial charge in [-0.25, -0.2) is 10.1 Å². The SMILES string of the molecule is COc1ccc(N2CC[N@@+](O)(C(=O)O)C(N3CC4CNCCN4C3)C2=O)cc1. The van der Waals surface area contributed by atoms with E-state index in [1.54, 1.807) is 41.2 Å². The summed E-state index contributed by atoms with van der Waals surface area (Å²) < 4.78 is 3.85. The normalized spacial score (nSPS) is 31.6. The van der Waals surface area contributed by atoms with Crippen molar-refractivity contribution in [2.45, 2.75) is 12.2 Å². The Hall–Kier alpha value is -2.24. The summed E-state index contributed by atoms with van der Waals surface area (Å²) in [5.41, 5.74) is 0.658. The van der Waals surface area contributed by atoms with E-state index in [0.717, 1.165) is 19.6 Å². The van der Waals surface area contributed by atoms with E-state index in [9.17, 15) is 19.9 Å². The standard InChI is InChI=1S/C18H25N5O5/c1-28-15-4-2-13(3-5-15)22-8-9-23(27,18(25)26)16(17(22)24)21-11-14-10-19-6-7-20(14)12-21/h2-5,14,16,19,27H,6-12H2,1H3/p+1/t14?,16?,23-/m0/s1. The molecule has 0 aliphatic carbocycles. The molecule has 2 unspecified atom stereocenters. The highest BCUT2D eigenvalue weighted by Crippen LogP contribution is 2.30. The number of amides is 2. The van der Waals surface area contributed by atoms with Crippen molar-refractivity contribution in [3.63, 3.8) is 0 Å². The van der Waals surface area contributed by atoms with Crippen molar-refractivity contribution in [2.24, 2.45) is 0 Å². The fraction of sp³-hybridized carbons (Fsp3) is 0.556. The number of benzene rings is 1. The van der Waals surface area contributed by atoms with Crippen LogP contribution in [-0.4, -0.2) is 102 Å². The fourth-order valence-corrected chi connectivity index (χ4v) is 4.36. The molecule has 3 saturated heterocycles. The molecule has 3 fully saturated rings.